The molecule has 9 heteroatoms. The van der Waals surface area contributed by atoms with Crippen LogP contribution in [-0.4, -0.2) is 39.7 Å². The van der Waals surface area contributed by atoms with Crippen LogP contribution >= 0.6 is 35.2 Å². The summed E-state index contributed by atoms with van der Waals surface area (Å²) in [7, 11) is 0. The van der Waals surface area contributed by atoms with E-state index in [1.807, 2.05) is 29.8 Å². The van der Waals surface area contributed by atoms with Crippen molar-refractivity contribution in [2.75, 3.05) is 18.4 Å². The summed E-state index contributed by atoms with van der Waals surface area (Å²) in [5, 5.41) is 12.5. The lowest BCUT2D eigenvalue weighted by Gasteiger charge is -2.31. The van der Waals surface area contributed by atoms with Gasteiger partial charge in [0.25, 0.3) is 0 Å². The van der Waals surface area contributed by atoms with E-state index in [-0.39, 0.29) is 17.9 Å². The lowest BCUT2D eigenvalue weighted by atomic mass is 9.95. The van der Waals surface area contributed by atoms with Gasteiger partial charge in [-0.25, -0.2) is 4.68 Å². The Kier molecular flexibility index (Phi) is 7.90. The third-order valence-corrected chi connectivity index (χ3v) is 7.32. The largest absolute Gasteiger partial charge is 0.353 e. The van der Waals surface area contributed by atoms with E-state index in [9.17, 15) is 4.79 Å². The lowest BCUT2D eigenvalue weighted by molar-refractivity contribution is -0.127. The summed E-state index contributed by atoms with van der Waals surface area (Å²) in [4.78, 5) is 14.8. The topological polar surface area (TPSA) is 62.2 Å². The summed E-state index contributed by atoms with van der Waals surface area (Å²) < 4.78 is 2.57. The summed E-state index contributed by atoms with van der Waals surface area (Å²) in [6, 6.07) is 6.05. The first-order chi connectivity index (χ1) is 14.2. The zero-order valence-electron chi connectivity index (χ0n) is 17.9. The minimum Gasteiger partial charge on any atom is -0.353 e. The van der Waals surface area contributed by atoms with E-state index in [2.05, 4.69) is 41.4 Å². The molecule has 0 radical (unpaired) electrons. The molecular formula is C21H30ClN5OS2. The molecular weight excluding hydrogens is 438 g/mol. The van der Waals surface area contributed by atoms with Gasteiger partial charge >= 0.3 is 0 Å². The molecule has 2 aromatic rings. The SMILES string of the molecule is Cc1ccc(Nc2nn(CN3CCC(C(=O)NC(C)C(C)C)CC3)c(=S)s2)cc1Cl. The third-order valence-electron chi connectivity index (χ3n) is 5.69. The third kappa shape index (κ3) is 6.03. The number of anilines is 2. The highest BCUT2D eigenvalue weighted by Gasteiger charge is 2.26. The smallest absolute Gasteiger partial charge is 0.223 e. The molecule has 0 saturated carbocycles. The minimum absolute atomic E-state index is 0.0920. The fraction of sp³-hybridized carbons (Fsp3) is 0.571. The molecule has 30 heavy (non-hydrogen) atoms. The van der Waals surface area contributed by atoms with Crippen LogP contribution in [0, 0.1) is 22.7 Å². The number of amides is 1. The summed E-state index contributed by atoms with van der Waals surface area (Å²) in [6.07, 6.45) is 1.72. The number of aryl methyl sites for hydroxylation is 1. The van der Waals surface area contributed by atoms with E-state index < -0.39 is 0 Å². The number of likely N-dealkylation sites (tertiary alicyclic amines) is 1. The van der Waals surface area contributed by atoms with Gasteiger partial charge in [-0.15, -0.1) is 5.10 Å². The second kappa shape index (κ2) is 10.2. The summed E-state index contributed by atoms with van der Waals surface area (Å²) in [6.45, 7) is 10.7. The number of benzene rings is 1. The molecule has 6 nitrogen and oxygen atoms in total. The van der Waals surface area contributed by atoms with Gasteiger partial charge in [-0.3, -0.25) is 9.69 Å². The van der Waals surface area contributed by atoms with Crippen molar-refractivity contribution in [1.29, 1.82) is 0 Å². The van der Waals surface area contributed by atoms with Crippen LogP contribution < -0.4 is 10.6 Å². The molecule has 0 bridgehead atoms. The number of aromatic nitrogens is 2. The van der Waals surface area contributed by atoms with E-state index in [0.717, 1.165) is 51.3 Å². The highest BCUT2D eigenvalue weighted by atomic mass is 35.5. The molecule has 1 atom stereocenters. The predicted octanol–water partition coefficient (Wildman–Crippen LogP) is 5.21. The molecule has 1 fully saturated rings. The van der Waals surface area contributed by atoms with E-state index in [1.54, 1.807) is 0 Å². The van der Waals surface area contributed by atoms with Gasteiger partial charge in [0.2, 0.25) is 11.0 Å². The van der Waals surface area contributed by atoms with Crippen molar-refractivity contribution in [3.05, 3.63) is 32.7 Å². The van der Waals surface area contributed by atoms with Gasteiger partial charge < -0.3 is 10.6 Å². The van der Waals surface area contributed by atoms with Crippen molar-refractivity contribution >= 4 is 51.9 Å². The highest BCUT2D eigenvalue weighted by molar-refractivity contribution is 7.73. The van der Waals surface area contributed by atoms with Gasteiger partial charge in [0, 0.05) is 35.8 Å². The van der Waals surface area contributed by atoms with E-state index >= 15 is 0 Å². The summed E-state index contributed by atoms with van der Waals surface area (Å²) in [5.74, 6) is 0.720. The maximum absolute atomic E-state index is 12.5. The van der Waals surface area contributed by atoms with Crippen molar-refractivity contribution < 1.29 is 4.79 Å². The highest BCUT2D eigenvalue weighted by Crippen LogP contribution is 2.25. The number of carbonyl (C=O) groups is 1. The quantitative estimate of drug-likeness (QED) is 0.547. The molecule has 1 aliphatic heterocycles. The van der Waals surface area contributed by atoms with Crippen LogP contribution in [-0.2, 0) is 11.5 Å². The zero-order valence-corrected chi connectivity index (χ0v) is 20.3. The molecule has 164 valence electrons. The Bertz CT molecular complexity index is 934. The molecule has 0 aliphatic carbocycles. The molecule has 1 unspecified atom stereocenters. The Morgan fingerprint density at radius 3 is 2.67 bits per heavy atom. The van der Waals surface area contributed by atoms with E-state index in [0.29, 0.717) is 12.6 Å². The van der Waals surface area contributed by atoms with Crippen LogP contribution in [0.1, 0.15) is 39.2 Å². The van der Waals surface area contributed by atoms with Crippen LogP contribution in [0.3, 0.4) is 0 Å². The van der Waals surface area contributed by atoms with Crippen LogP contribution in [0.4, 0.5) is 10.8 Å². The molecule has 3 rings (SSSR count). The van der Waals surface area contributed by atoms with Crippen molar-refractivity contribution in [2.24, 2.45) is 11.8 Å². The fourth-order valence-electron chi connectivity index (χ4n) is 3.28. The summed E-state index contributed by atoms with van der Waals surface area (Å²) in [5.41, 5.74) is 1.93. The maximum atomic E-state index is 12.5. The van der Waals surface area contributed by atoms with E-state index in [4.69, 9.17) is 23.8 Å². The molecule has 1 amide bonds. The number of hydrogen-bond acceptors (Lipinski definition) is 6. The number of nitrogens with zero attached hydrogens (tertiary/aromatic N) is 3. The zero-order chi connectivity index (χ0) is 21.8. The molecule has 1 aliphatic rings. The first-order valence-electron chi connectivity index (χ1n) is 10.4. The Labute approximate surface area is 192 Å². The van der Waals surface area contributed by atoms with Crippen LogP contribution in [0.25, 0.3) is 0 Å². The van der Waals surface area contributed by atoms with Crippen molar-refractivity contribution in [3.63, 3.8) is 0 Å². The average Bonchev–Trinajstić information content (AvgIpc) is 3.03. The molecule has 2 N–H and O–H groups in total. The molecule has 0 spiro atoms. The van der Waals surface area contributed by atoms with E-state index in [1.165, 1.54) is 11.3 Å². The number of carbonyl (C=O) groups excluding carboxylic acids is 1. The van der Waals surface area contributed by atoms with Gasteiger partial charge in [0.05, 0.1) is 6.67 Å². The van der Waals surface area contributed by atoms with Gasteiger partial charge in [-0.2, -0.15) is 0 Å². The average molecular weight is 468 g/mol. The number of halogens is 1. The van der Waals surface area contributed by atoms with Gasteiger partial charge in [-0.1, -0.05) is 42.9 Å². The first-order valence-corrected chi connectivity index (χ1v) is 12.0. The Balaban J connectivity index is 1.53. The second-order valence-electron chi connectivity index (χ2n) is 8.34. The van der Waals surface area contributed by atoms with Gasteiger partial charge in [0.15, 0.2) is 3.95 Å². The van der Waals surface area contributed by atoms with Crippen LogP contribution in [0.2, 0.25) is 5.02 Å². The van der Waals surface area contributed by atoms with Crippen LogP contribution in [0.5, 0.6) is 0 Å². The Morgan fingerprint density at radius 2 is 2.03 bits per heavy atom. The van der Waals surface area contributed by atoms with Crippen LogP contribution in [0.15, 0.2) is 18.2 Å². The van der Waals surface area contributed by atoms with Crippen molar-refractivity contribution in [1.82, 2.24) is 20.0 Å². The molecule has 1 aromatic heterocycles. The number of piperidine rings is 1. The normalized spacial score (nSPS) is 16.6. The molecule has 2 heterocycles. The minimum atomic E-state index is 0.0920. The Morgan fingerprint density at radius 1 is 1.33 bits per heavy atom. The first kappa shape index (κ1) is 23.2. The maximum Gasteiger partial charge on any atom is 0.223 e. The number of nitrogens with one attached hydrogen (secondary N) is 2. The second-order valence-corrected chi connectivity index (χ2v) is 10.4. The standard InChI is InChI=1S/C21H30ClN5OS2/c1-13(2)15(4)23-19(28)16-7-9-26(10-8-16)12-27-21(29)30-20(25-27)24-17-6-5-14(3)18(22)11-17/h5-6,11,13,15-16H,7-10,12H2,1-4H3,(H,23,28)(H,24,25). The predicted molar refractivity (Wildman–Crippen MR) is 127 cm³/mol. The number of hydrogen-bond donors (Lipinski definition) is 2. The van der Waals surface area contributed by atoms with Gasteiger partial charge in [0.1, 0.15) is 0 Å². The fourth-order valence-corrected chi connectivity index (χ4v) is 4.47. The Hall–Kier alpha value is -1.48. The monoisotopic (exact) mass is 467 g/mol. The number of rotatable bonds is 7. The molecule has 1 aromatic carbocycles. The van der Waals surface area contributed by atoms with Crippen molar-refractivity contribution in [2.45, 2.75) is 53.2 Å². The van der Waals surface area contributed by atoms with Gasteiger partial charge in [-0.05, 0) is 62.5 Å². The summed E-state index contributed by atoms with van der Waals surface area (Å²) >= 11 is 13.2. The molecule has 1 saturated heterocycles. The lowest BCUT2D eigenvalue weighted by Crippen LogP contribution is -2.44. The van der Waals surface area contributed by atoms with Crippen molar-refractivity contribution in [3.8, 4) is 0 Å².